The molecule has 44 heavy (non-hydrogen) atoms. The third-order valence-corrected chi connectivity index (χ3v) is 8.95. The molecule has 5 rings (SSSR count). The molecule has 0 radical (unpaired) electrons. The minimum Gasteiger partial charge on any atom is -0.496 e. The quantitative estimate of drug-likeness (QED) is 0.247. The van der Waals surface area contributed by atoms with Gasteiger partial charge in [-0.2, -0.15) is 13.2 Å². The third kappa shape index (κ3) is 5.59. The number of allylic oxidation sites excluding steroid dienone is 1. The topological polar surface area (TPSA) is 165 Å². The van der Waals surface area contributed by atoms with Gasteiger partial charge >= 0.3 is 11.5 Å². The number of carbonyl (C=O) groups is 3. The fourth-order valence-electron chi connectivity index (χ4n) is 5.41. The van der Waals surface area contributed by atoms with E-state index in [1.165, 1.54) is 19.2 Å². The van der Waals surface area contributed by atoms with Gasteiger partial charge < -0.3 is 20.5 Å². The number of aromatic carboxylic acids is 1. The predicted molar refractivity (Wildman–Crippen MR) is 145 cm³/mol. The fourth-order valence-corrected chi connectivity index (χ4v) is 6.21. The van der Waals surface area contributed by atoms with E-state index in [0.717, 1.165) is 30.6 Å². The van der Waals surface area contributed by atoms with Gasteiger partial charge in [0.2, 0.25) is 11.7 Å². The molecule has 16 heteroatoms. The first-order chi connectivity index (χ1) is 20.7. The number of amides is 2. The Labute approximate surface area is 246 Å². The van der Waals surface area contributed by atoms with Crippen molar-refractivity contribution in [2.75, 3.05) is 12.4 Å². The zero-order valence-electron chi connectivity index (χ0n) is 22.5. The highest BCUT2D eigenvalue weighted by atomic mass is 32.2. The summed E-state index contributed by atoms with van der Waals surface area (Å²) in [4.78, 5) is 44.2. The molecule has 230 valence electrons. The van der Waals surface area contributed by atoms with E-state index in [1.54, 1.807) is 6.08 Å². The zero-order valence-corrected chi connectivity index (χ0v) is 23.3. The SMILES string of the molecule is COc1cc(F)c(-c2cnc(C(=O)O)nc2)cc1C(=O)N[C@H]1[C@@H](C(=O)Nc2cccc(S(=O)(=O)C(F)(F)F)c2)[C@@H]2C=C[C@H]1C2. The molecule has 2 amide bonds. The van der Waals surface area contributed by atoms with Gasteiger partial charge in [-0.15, -0.1) is 0 Å². The molecule has 1 fully saturated rings. The Morgan fingerprint density at radius 3 is 2.36 bits per heavy atom. The normalized spacial score (nSPS) is 20.8. The van der Waals surface area contributed by atoms with Crippen molar-refractivity contribution in [1.82, 2.24) is 15.3 Å². The van der Waals surface area contributed by atoms with Crippen molar-refractivity contribution in [3.8, 4) is 16.9 Å². The van der Waals surface area contributed by atoms with Gasteiger partial charge in [0.15, 0.2) is 0 Å². The number of fused-ring (bicyclic) bond motifs is 2. The fraction of sp³-hybridized carbons (Fsp3) is 0.250. The number of anilines is 1. The Bertz CT molecular complexity index is 1800. The second-order valence-corrected chi connectivity index (χ2v) is 12.0. The zero-order chi connectivity index (χ0) is 32.0. The molecule has 4 atom stereocenters. The van der Waals surface area contributed by atoms with Crippen LogP contribution in [0.25, 0.3) is 11.1 Å². The van der Waals surface area contributed by atoms with E-state index in [2.05, 4.69) is 20.6 Å². The van der Waals surface area contributed by atoms with E-state index in [1.807, 2.05) is 6.08 Å². The van der Waals surface area contributed by atoms with Crippen molar-refractivity contribution in [1.29, 1.82) is 0 Å². The van der Waals surface area contributed by atoms with Crippen LogP contribution in [0.3, 0.4) is 0 Å². The molecule has 1 saturated carbocycles. The number of rotatable bonds is 8. The maximum atomic E-state index is 14.9. The number of carboxylic acids is 1. The van der Waals surface area contributed by atoms with Crippen LogP contribution in [0.1, 0.15) is 27.4 Å². The van der Waals surface area contributed by atoms with Crippen LogP contribution in [0.15, 0.2) is 65.8 Å². The first kappa shape index (κ1) is 30.6. The monoisotopic (exact) mass is 634 g/mol. The Hall–Kier alpha value is -4.86. The standard InChI is InChI=1S/C28H22F4N4O7S/c1-43-21-10-20(29)18(15-11-33-24(27(39)40)34-12-15)9-19(21)25(37)36-23-14-6-5-13(7-14)22(23)26(38)35-16-3-2-4-17(8-16)44(41,42)28(30,31)32/h2-6,8-14,22-23H,7H2,1H3,(H,35,38)(H,36,37)(H,39,40)/t13-,14+,22+,23-/m1/s1. The molecule has 1 aromatic heterocycles. The summed E-state index contributed by atoms with van der Waals surface area (Å²) in [6.07, 6.45) is 6.27. The summed E-state index contributed by atoms with van der Waals surface area (Å²) in [5.41, 5.74) is -5.86. The van der Waals surface area contributed by atoms with Crippen LogP contribution in [0, 0.1) is 23.6 Å². The van der Waals surface area contributed by atoms with Gasteiger partial charge in [0.1, 0.15) is 11.6 Å². The second kappa shape index (κ2) is 11.3. The number of halogens is 4. The van der Waals surface area contributed by atoms with E-state index in [4.69, 9.17) is 9.84 Å². The number of sulfone groups is 1. The highest BCUT2D eigenvalue weighted by Crippen LogP contribution is 2.45. The maximum absolute atomic E-state index is 14.9. The lowest BCUT2D eigenvalue weighted by Gasteiger charge is -2.28. The van der Waals surface area contributed by atoms with Crippen molar-refractivity contribution in [3.05, 3.63) is 78.1 Å². The molecular weight excluding hydrogens is 612 g/mol. The van der Waals surface area contributed by atoms with Crippen molar-refractivity contribution in [2.24, 2.45) is 17.8 Å². The minimum atomic E-state index is -5.65. The number of nitrogens with zero attached hydrogens (tertiary/aromatic N) is 2. The molecule has 3 aromatic rings. The molecule has 2 bridgehead atoms. The van der Waals surface area contributed by atoms with E-state index in [-0.39, 0.29) is 40.0 Å². The summed E-state index contributed by atoms with van der Waals surface area (Å²) >= 11 is 0. The summed E-state index contributed by atoms with van der Waals surface area (Å²) in [5.74, 6) is -5.70. The summed E-state index contributed by atoms with van der Waals surface area (Å²) in [6.45, 7) is 0. The van der Waals surface area contributed by atoms with E-state index in [9.17, 15) is 40.4 Å². The molecule has 2 aliphatic rings. The highest BCUT2D eigenvalue weighted by molar-refractivity contribution is 7.92. The molecule has 2 aromatic carbocycles. The number of carbonyl (C=O) groups excluding carboxylic acids is 2. The van der Waals surface area contributed by atoms with Crippen LogP contribution in [0.2, 0.25) is 0 Å². The lowest BCUT2D eigenvalue weighted by atomic mass is 9.87. The average Bonchev–Trinajstić information content (AvgIpc) is 3.58. The van der Waals surface area contributed by atoms with Gasteiger partial charge in [0.05, 0.1) is 23.5 Å². The van der Waals surface area contributed by atoms with Crippen LogP contribution >= 0.6 is 0 Å². The van der Waals surface area contributed by atoms with Gasteiger partial charge in [-0.05, 0) is 42.5 Å². The number of hydrogen-bond acceptors (Lipinski definition) is 8. The van der Waals surface area contributed by atoms with E-state index < -0.39 is 61.6 Å². The Kier molecular flexibility index (Phi) is 7.88. The molecule has 0 unspecified atom stereocenters. The molecule has 0 spiro atoms. The Morgan fingerprint density at radius 2 is 1.73 bits per heavy atom. The molecule has 3 N–H and O–H groups in total. The minimum absolute atomic E-state index is 0.0825. The lowest BCUT2D eigenvalue weighted by Crippen LogP contribution is -2.47. The predicted octanol–water partition coefficient (Wildman–Crippen LogP) is 3.84. The second-order valence-electron chi connectivity index (χ2n) is 10.1. The average molecular weight is 635 g/mol. The van der Waals surface area contributed by atoms with Crippen molar-refractivity contribution in [2.45, 2.75) is 22.9 Å². The van der Waals surface area contributed by atoms with Crippen LogP contribution in [-0.4, -0.2) is 59.9 Å². The summed E-state index contributed by atoms with van der Waals surface area (Å²) in [7, 11) is -4.43. The van der Waals surface area contributed by atoms with Gasteiger partial charge in [-0.1, -0.05) is 18.2 Å². The molecule has 11 nitrogen and oxygen atoms in total. The van der Waals surface area contributed by atoms with Crippen molar-refractivity contribution in [3.63, 3.8) is 0 Å². The molecule has 0 saturated heterocycles. The molecule has 1 heterocycles. The first-order valence-electron chi connectivity index (χ1n) is 12.9. The highest BCUT2D eigenvalue weighted by Gasteiger charge is 2.49. The number of carboxylic acid groups (broad SMARTS) is 1. The van der Waals surface area contributed by atoms with Crippen molar-refractivity contribution < 1.29 is 50.2 Å². The van der Waals surface area contributed by atoms with E-state index in [0.29, 0.717) is 12.5 Å². The smallest absolute Gasteiger partial charge is 0.496 e. The van der Waals surface area contributed by atoms with Crippen LogP contribution in [-0.2, 0) is 14.6 Å². The van der Waals surface area contributed by atoms with Gasteiger partial charge in [0.25, 0.3) is 15.7 Å². The molecule has 0 aliphatic heterocycles. The van der Waals surface area contributed by atoms with Crippen LogP contribution < -0.4 is 15.4 Å². The summed E-state index contributed by atoms with van der Waals surface area (Å²) in [5, 5.41) is 14.3. The maximum Gasteiger partial charge on any atom is 0.501 e. The third-order valence-electron chi connectivity index (χ3n) is 7.46. The van der Waals surface area contributed by atoms with Crippen molar-refractivity contribution >= 4 is 33.3 Å². The number of alkyl halides is 3. The number of ether oxygens (including phenoxy) is 1. The lowest BCUT2D eigenvalue weighted by molar-refractivity contribution is -0.121. The molecule has 2 aliphatic carbocycles. The number of nitrogens with one attached hydrogen (secondary N) is 2. The number of hydrogen-bond donors (Lipinski definition) is 3. The van der Waals surface area contributed by atoms with Crippen LogP contribution in [0.4, 0.5) is 23.2 Å². The molecular formula is C28H22F4N4O7S. The van der Waals surface area contributed by atoms with Gasteiger partial charge in [-0.3, -0.25) is 9.59 Å². The number of methoxy groups -OCH3 is 1. The Balaban J connectivity index is 1.40. The largest absolute Gasteiger partial charge is 0.501 e. The summed E-state index contributed by atoms with van der Waals surface area (Å²) in [6, 6.07) is 5.12. The number of aromatic nitrogens is 2. The van der Waals surface area contributed by atoms with Gasteiger partial charge in [0, 0.05) is 41.3 Å². The Morgan fingerprint density at radius 1 is 1.05 bits per heavy atom. The first-order valence-corrected chi connectivity index (χ1v) is 14.3. The number of benzene rings is 2. The van der Waals surface area contributed by atoms with Gasteiger partial charge in [-0.25, -0.2) is 27.6 Å². The van der Waals surface area contributed by atoms with E-state index >= 15 is 0 Å². The van der Waals surface area contributed by atoms with Crippen LogP contribution in [0.5, 0.6) is 5.75 Å². The summed E-state index contributed by atoms with van der Waals surface area (Å²) < 4.78 is 82.9.